The second-order valence-corrected chi connectivity index (χ2v) is 4.60. The monoisotopic (exact) mass is 311 g/mol. The molecule has 8 nitrogen and oxygen atoms in total. The minimum absolute atomic E-state index is 0.0133. The lowest BCUT2D eigenvalue weighted by atomic mass is 10.3. The summed E-state index contributed by atoms with van der Waals surface area (Å²) < 4.78 is 7.55. The third kappa shape index (κ3) is 3.05. The van der Waals surface area contributed by atoms with Crippen molar-refractivity contribution in [2.45, 2.75) is 13.5 Å². The number of aromatic nitrogens is 4. The summed E-state index contributed by atoms with van der Waals surface area (Å²) in [6, 6.07) is 0. The third-order valence-electron chi connectivity index (χ3n) is 2.71. The maximum absolute atomic E-state index is 12.2. The van der Waals surface area contributed by atoms with Crippen molar-refractivity contribution in [3.05, 3.63) is 28.8 Å². The minimum Gasteiger partial charge on any atom is -0.464 e. The van der Waals surface area contributed by atoms with Gasteiger partial charge >= 0.3 is 5.97 Å². The molecule has 0 saturated heterocycles. The number of methoxy groups -OCH3 is 1. The van der Waals surface area contributed by atoms with E-state index in [1.807, 2.05) is 6.92 Å². The molecule has 2 aromatic heterocycles. The molecule has 2 aromatic rings. The number of aryl methyl sites for hydroxylation is 2. The number of esters is 1. The van der Waals surface area contributed by atoms with Gasteiger partial charge in [0.1, 0.15) is 0 Å². The topological polar surface area (TPSA) is 91.0 Å². The largest absolute Gasteiger partial charge is 0.464 e. The molecule has 0 fully saturated rings. The molecule has 2 heterocycles. The third-order valence-corrected chi connectivity index (χ3v) is 2.99. The van der Waals surface area contributed by atoms with Crippen LogP contribution in [0, 0.1) is 0 Å². The Morgan fingerprint density at radius 2 is 2.05 bits per heavy atom. The Bertz CT molecular complexity index is 691. The number of carbonyl (C=O) groups excluding carboxylic acids is 2. The van der Waals surface area contributed by atoms with Crippen LogP contribution in [-0.2, 0) is 18.3 Å². The molecule has 0 saturated carbocycles. The van der Waals surface area contributed by atoms with Gasteiger partial charge < -0.3 is 10.1 Å². The lowest BCUT2D eigenvalue weighted by Crippen LogP contribution is -2.16. The Kier molecular flexibility index (Phi) is 4.27. The average Bonchev–Trinajstić information content (AvgIpc) is 3.00. The average molecular weight is 312 g/mol. The first kappa shape index (κ1) is 15.0. The fourth-order valence-corrected chi connectivity index (χ4v) is 1.96. The molecule has 0 aliphatic rings. The Hall–Kier alpha value is -2.35. The van der Waals surface area contributed by atoms with E-state index in [1.165, 1.54) is 18.0 Å². The second kappa shape index (κ2) is 5.96. The number of hydrogen-bond donors (Lipinski definition) is 1. The Labute approximate surface area is 125 Å². The van der Waals surface area contributed by atoms with Crippen molar-refractivity contribution < 1.29 is 14.3 Å². The van der Waals surface area contributed by atoms with Crippen molar-refractivity contribution >= 4 is 29.2 Å². The standard InChI is InChI=1S/C12H14ClN5O3/c1-4-18-5-7(13)9(16-18)11(19)14-8-6-17(2)15-10(8)12(20)21-3/h5-6H,4H2,1-3H3,(H,14,19). The highest BCUT2D eigenvalue weighted by Gasteiger charge is 2.21. The molecule has 2 rings (SSSR count). The molecule has 0 atom stereocenters. The van der Waals surface area contributed by atoms with Crippen molar-refractivity contribution in [2.75, 3.05) is 12.4 Å². The summed E-state index contributed by atoms with van der Waals surface area (Å²) >= 11 is 5.96. The molecule has 0 radical (unpaired) electrons. The smallest absolute Gasteiger partial charge is 0.360 e. The zero-order chi connectivity index (χ0) is 15.6. The molecule has 0 aliphatic carbocycles. The van der Waals surface area contributed by atoms with Crippen molar-refractivity contribution in [1.82, 2.24) is 19.6 Å². The first-order valence-electron chi connectivity index (χ1n) is 6.12. The van der Waals surface area contributed by atoms with Crippen LogP contribution in [0.4, 0.5) is 5.69 Å². The van der Waals surface area contributed by atoms with Gasteiger partial charge in [-0.25, -0.2) is 4.79 Å². The lowest BCUT2D eigenvalue weighted by molar-refractivity contribution is 0.0594. The van der Waals surface area contributed by atoms with Gasteiger partial charge in [0.15, 0.2) is 11.4 Å². The first-order valence-corrected chi connectivity index (χ1v) is 6.50. The predicted octanol–water partition coefficient (Wildman–Crippen LogP) is 1.33. The van der Waals surface area contributed by atoms with E-state index in [9.17, 15) is 9.59 Å². The van der Waals surface area contributed by atoms with Crippen molar-refractivity contribution in [1.29, 1.82) is 0 Å². The van der Waals surface area contributed by atoms with Crippen LogP contribution in [0.25, 0.3) is 0 Å². The fraction of sp³-hybridized carbons (Fsp3) is 0.333. The van der Waals surface area contributed by atoms with Gasteiger partial charge in [-0.05, 0) is 6.92 Å². The number of anilines is 1. The molecule has 0 unspecified atom stereocenters. The first-order chi connectivity index (χ1) is 9.96. The van der Waals surface area contributed by atoms with Crippen LogP contribution in [-0.4, -0.2) is 38.5 Å². The van der Waals surface area contributed by atoms with E-state index in [0.29, 0.717) is 6.54 Å². The van der Waals surface area contributed by atoms with E-state index in [2.05, 4.69) is 20.3 Å². The normalized spacial score (nSPS) is 10.5. The molecule has 112 valence electrons. The van der Waals surface area contributed by atoms with Crippen LogP contribution in [0.15, 0.2) is 12.4 Å². The maximum atomic E-state index is 12.2. The molecule has 9 heteroatoms. The van der Waals surface area contributed by atoms with Gasteiger partial charge in [-0.2, -0.15) is 10.2 Å². The van der Waals surface area contributed by atoms with Gasteiger partial charge in [-0.1, -0.05) is 11.6 Å². The molecule has 1 N–H and O–H groups in total. The molecule has 0 aromatic carbocycles. The quantitative estimate of drug-likeness (QED) is 0.860. The van der Waals surface area contributed by atoms with E-state index in [0.717, 1.165) is 0 Å². The van der Waals surface area contributed by atoms with E-state index < -0.39 is 11.9 Å². The maximum Gasteiger partial charge on any atom is 0.360 e. The lowest BCUT2D eigenvalue weighted by Gasteiger charge is -2.02. The number of amides is 1. The summed E-state index contributed by atoms with van der Waals surface area (Å²) in [5.41, 5.74) is 0.328. The van der Waals surface area contributed by atoms with Crippen LogP contribution in [0.1, 0.15) is 27.9 Å². The molecule has 0 bridgehead atoms. The van der Waals surface area contributed by atoms with Gasteiger partial charge in [0.05, 0.1) is 17.8 Å². The van der Waals surface area contributed by atoms with Crippen LogP contribution in [0.3, 0.4) is 0 Å². The fourth-order valence-electron chi connectivity index (χ4n) is 1.72. The van der Waals surface area contributed by atoms with Crippen molar-refractivity contribution in [3.8, 4) is 0 Å². The summed E-state index contributed by atoms with van der Waals surface area (Å²) in [6.45, 7) is 2.47. The van der Waals surface area contributed by atoms with E-state index in [1.54, 1.807) is 17.9 Å². The summed E-state index contributed by atoms with van der Waals surface area (Å²) in [5, 5.41) is 10.8. The molecule has 0 spiro atoms. The number of nitrogens with zero attached hydrogens (tertiary/aromatic N) is 4. The van der Waals surface area contributed by atoms with Gasteiger partial charge in [0.25, 0.3) is 5.91 Å². The van der Waals surface area contributed by atoms with Gasteiger partial charge in [-0.15, -0.1) is 0 Å². The van der Waals surface area contributed by atoms with Crippen molar-refractivity contribution in [3.63, 3.8) is 0 Å². The summed E-state index contributed by atoms with van der Waals surface area (Å²) in [5.74, 6) is -1.17. The Balaban J connectivity index is 2.27. The summed E-state index contributed by atoms with van der Waals surface area (Å²) in [4.78, 5) is 23.8. The van der Waals surface area contributed by atoms with Crippen LogP contribution >= 0.6 is 11.6 Å². The molecule has 0 aliphatic heterocycles. The Morgan fingerprint density at radius 1 is 1.33 bits per heavy atom. The van der Waals surface area contributed by atoms with Crippen LogP contribution < -0.4 is 5.32 Å². The number of rotatable bonds is 4. The zero-order valence-corrected chi connectivity index (χ0v) is 12.5. The highest BCUT2D eigenvalue weighted by Crippen LogP contribution is 2.19. The summed E-state index contributed by atoms with van der Waals surface area (Å²) in [7, 11) is 2.86. The van der Waals surface area contributed by atoms with Crippen LogP contribution in [0.5, 0.6) is 0 Å². The molecule has 21 heavy (non-hydrogen) atoms. The molecular formula is C12H14ClN5O3. The highest BCUT2D eigenvalue weighted by atomic mass is 35.5. The number of hydrogen-bond acceptors (Lipinski definition) is 5. The number of ether oxygens (including phenoxy) is 1. The number of nitrogens with one attached hydrogen (secondary N) is 1. The van der Waals surface area contributed by atoms with Crippen molar-refractivity contribution in [2.24, 2.45) is 7.05 Å². The number of halogens is 1. The summed E-state index contributed by atoms with van der Waals surface area (Å²) in [6.07, 6.45) is 3.05. The van der Waals surface area contributed by atoms with E-state index >= 15 is 0 Å². The molecule has 1 amide bonds. The second-order valence-electron chi connectivity index (χ2n) is 4.19. The van der Waals surface area contributed by atoms with Gasteiger partial charge in [0.2, 0.25) is 0 Å². The predicted molar refractivity (Wildman–Crippen MR) is 75.4 cm³/mol. The van der Waals surface area contributed by atoms with E-state index in [4.69, 9.17) is 11.6 Å². The number of carbonyl (C=O) groups is 2. The SMILES string of the molecule is CCn1cc(Cl)c(C(=O)Nc2cn(C)nc2C(=O)OC)n1. The minimum atomic E-state index is -0.643. The highest BCUT2D eigenvalue weighted by molar-refractivity contribution is 6.34. The molecular weight excluding hydrogens is 298 g/mol. The van der Waals surface area contributed by atoms with Crippen LogP contribution in [0.2, 0.25) is 5.02 Å². The zero-order valence-electron chi connectivity index (χ0n) is 11.8. The van der Waals surface area contributed by atoms with Gasteiger partial charge in [0, 0.05) is 26.0 Å². The Morgan fingerprint density at radius 3 is 2.62 bits per heavy atom. The van der Waals surface area contributed by atoms with E-state index in [-0.39, 0.29) is 22.1 Å². The van der Waals surface area contributed by atoms with Gasteiger partial charge in [-0.3, -0.25) is 14.2 Å².